The van der Waals surface area contributed by atoms with E-state index in [2.05, 4.69) is 21.3 Å². The van der Waals surface area contributed by atoms with Crippen LogP contribution in [0.5, 0.6) is 0 Å². The van der Waals surface area contributed by atoms with Gasteiger partial charge in [0.05, 0.1) is 0 Å². The highest BCUT2D eigenvalue weighted by Crippen LogP contribution is 2.29. The van der Waals surface area contributed by atoms with Gasteiger partial charge in [0.15, 0.2) is 4.34 Å². The predicted octanol–water partition coefficient (Wildman–Crippen LogP) is 2.74. The highest BCUT2D eigenvalue weighted by Gasteiger charge is 2.09. The summed E-state index contributed by atoms with van der Waals surface area (Å²) in [5.41, 5.74) is 0.0401. The summed E-state index contributed by atoms with van der Waals surface area (Å²) in [5, 5.41) is 8.85. The molecule has 0 fully saturated rings. The topological polar surface area (TPSA) is 76.0 Å². The molecular weight excluding hydrogens is 270 g/mol. The Kier molecular flexibility index (Phi) is 4.27. The maximum atomic E-state index is 10.8. The molecule has 0 bridgehead atoms. The summed E-state index contributed by atoms with van der Waals surface area (Å²) in [4.78, 5) is 19.7. The van der Waals surface area contributed by atoms with Gasteiger partial charge < -0.3 is 5.11 Å². The fourth-order valence-electron chi connectivity index (χ4n) is 1.30. The van der Waals surface area contributed by atoms with Gasteiger partial charge in [-0.2, -0.15) is 4.37 Å². The van der Waals surface area contributed by atoms with Gasteiger partial charge in [-0.15, -0.1) is 0 Å². The number of aromatic carboxylic acids is 1. The van der Waals surface area contributed by atoms with E-state index in [1.54, 1.807) is 6.07 Å². The highest BCUT2D eigenvalue weighted by molar-refractivity contribution is 8.01. The van der Waals surface area contributed by atoms with Crippen LogP contribution < -0.4 is 0 Å². The Hall–Kier alpha value is -1.47. The maximum Gasteiger partial charge on any atom is 0.354 e. The average molecular weight is 281 g/mol. The van der Waals surface area contributed by atoms with Crippen molar-refractivity contribution in [3.05, 3.63) is 29.8 Å². The fourth-order valence-corrected chi connectivity index (χ4v) is 2.96. The Morgan fingerprint density at radius 1 is 1.56 bits per heavy atom. The zero-order valence-corrected chi connectivity index (χ0v) is 11.3. The third-order valence-electron chi connectivity index (χ3n) is 2.08. The van der Waals surface area contributed by atoms with Crippen LogP contribution in [0, 0.1) is 0 Å². The molecule has 2 heterocycles. The zero-order valence-electron chi connectivity index (χ0n) is 9.66. The lowest BCUT2D eigenvalue weighted by molar-refractivity contribution is 0.0690. The van der Waals surface area contributed by atoms with Gasteiger partial charge in [0.2, 0.25) is 0 Å². The Morgan fingerprint density at radius 2 is 2.39 bits per heavy atom. The maximum absolute atomic E-state index is 10.8. The largest absolute Gasteiger partial charge is 0.477 e. The molecule has 0 aliphatic heterocycles. The quantitative estimate of drug-likeness (QED) is 0.908. The van der Waals surface area contributed by atoms with Crippen molar-refractivity contribution >= 4 is 29.3 Å². The van der Waals surface area contributed by atoms with E-state index in [4.69, 9.17) is 5.11 Å². The average Bonchev–Trinajstić information content (AvgIpc) is 2.77. The number of carbonyl (C=O) groups is 1. The number of aromatic nitrogens is 3. The van der Waals surface area contributed by atoms with E-state index >= 15 is 0 Å². The first-order valence-electron chi connectivity index (χ1n) is 5.39. The van der Waals surface area contributed by atoms with Crippen LogP contribution in [0.4, 0.5) is 0 Å². The molecule has 18 heavy (non-hydrogen) atoms. The normalized spacial score (nSPS) is 10.5. The minimum Gasteiger partial charge on any atom is -0.477 e. The molecular formula is C11H11N3O2S2. The van der Waals surface area contributed by atoms with Crippen molar-refractivity contribution in [1.82, 2.24) is 14.3 Å². The summed E-state index contributed by atoms with van der Waals surface area (Å²) in [5.74, 6) is -0.182. The molecule has 0 amide bonds. The second kappa shape index (κ2) is 5.92. The van der Waals surface area contributed by atoms with Crippen LogP contribution in [0.25, 0.3) is 0 Å². The van der Waals surface area contributed by atoms with Crippen LogP contribution in [0.15, 0.2) is 27.6 Å². The SMILES string of the molecule is CCCc1nsc(Sc2ccnc(C(=O)O)c2)n1. The van der Waals surface area contributed by atoms with Crippen molar-refractivity contribution in [2.24, 2.45) is 0 Å². The van der Waals surface area contributed by atoms with E-state index in [0.717, 1.165) is 27.9 Å². The van der Waals surface area contributed by atoms with Gasteiger partial charge in [-0.3, -0.25) is 0 Å². The summed E-state index contributed by atoms with van der Waals surface area (Å²) < 4.78 is 5.06. The van der Waals surface area contributed by atoms with Gasteiger partial charge >= 0.3 is 5.97 Å². The molecule has 2 aromatic rings. The Labute approximate surface area is 112 Å². The van der Waals surface area contributed by atoms with Crippen molar-refractivity contribution in [3.63, 3.8) is 0 Å². The minimum absolute atomic E-state index is 0.0401. The van der Waals surface area contributed by atoms with E-state index < -0.39 is 5.97 Å². The summed E-state index contributed by atoms with van der Waals surface area (Å²) >= 11 is 2.74. The van der Waals surface area contributed by atoms with Crippen molar-refractivity contribution in [3.8, 4) is 0 Å². The summed E-state index contributed by atoms with van der Waals surface area (Å²) in [6, 6.07) is 3.30. The Balaban J connectivity index is 2.12. The fraction of sp³-hybridized carbons (Fsp3) is 0.273. The highest BCUT2D eigenvalue weighted by atomic mass is 32.2. The number of aryl methyl sites for hydroxylation is 1. The molecule has 5 nitrogen and oxygen atoms in total. The van der Waals surface area contributed by atoms with Gasteiger partial charge in [-0.1, -0.05) is 18.7 Å². The van der Waals surface area contributed by atoms with Gasteiger partial charge in [-0.05, 0) is 30.1 Å². The third-order valence-corrected chi connectivity index (χ3v) is 3.86. The van der Waals surface area contributed by atoms with Gasteiger partial charge in [0.25, 0.3) is 0 Å². The standard InChI is InChI=1S/C11H11N3O2S2/c1-2-3-9-13-11(18-14-9)17-7-4-5-12-8(6-7)10(15)16/h4-6H,2-3H2,1H3,(H,15,16). The first-order chi connectivity index (χ1) is 8.69. The zero-order chi connectivity index (χ0) is 13.0. The third kappa shape index (κ3) is 3.27. The lowest BCUT2D eigenvalue weighted by atomic mass is 10.3. The molecule has 0 radical (unpaired) electrons. The molecule has 7 heteroatoms. The van der Waals surface area contributed by atoms with Crippen LogP contribution in [-0.4, -0.2) is 25.4 Å². The molecule has 1 N–H and O–H groups in total. The number of nitrogens with zero attached hydrogens (tertiary/aromatic N) is 3. The van der Waals surface area contributed by atoms with Gasteiger partial charge in [0.1, 0.15) is 11.5 Å². The molecule has 0 saturated carbocycles. The van der Waals surface area contributed by atoms with Crippen LogP contribution in [-0.2, 0) is 6.42 Å². The van der Waals surface area contributed by atoms with Crippen LogP contribution in [0.1, 0.15) is 29.7 Å². The Morgan fingerprint density at radius 3 is 3.11 bits per heavy atom. The van der Waals surface area contributed by atoms with Crippen molar-refractivity contribution in [1.29, 1.82) is 0 Å². The molecule has 2 rings (SSSR count). The summed E-state index contributed by atoms with van der Waals surface area (Å²) in [7, 11) is 0. The number of carboxylic acid groups (broad SMARTS) is 1. The number of carboxylic acids is 1. The van der Waals surface area contributed by atoms with Gasteiger partial charge in [-0.25, -0.2) is 14.8 Å². The molecule has 0 aliphatic carbocycles. The van der Waals surface area contributed by atoms with Crippen LogP contribution in [0.3, 0.4) is 0 Å². The second-order valence-corrected chi connectivity index (χ2v) is 5.58. The summed E-state index contributed by atoms with van der Waals surface area (Å²) in [6.45, 7) is 2.08. The smallest absolute Gasteiger partial charge is 0.354 e. The lowest BCUT2D eigenvalue weighted by Crippen LogP contribution is -1.99. The summed E-state index contributed by atoms with van der Waals surface area (Å²) in [6.07, 6.45) is 3.37. The predicted molar refractivity (Wildman–Crippen MR) is 69.2 cm³/mol. The van der Waals surface area contributed by atoms with Crippen molar-refractivity contribution < 1.29 is 9.90 Å². The number of pyridine rings is 1. The van der Waals surface area contributed by atoms with E-state index in [-0.39, 0.29) is 5.69 Å². The lowest BCUT2D eigenvalue weighted by Gasteiger charge is -1.98. The molecule has 0 aromatic carbocycles. The van der Waals surface area contributed by atoms with Crippen LogP contribution >= 0.6 is 23.3 Å². The van der Waals surface area contributed by atoms with Crippen LogP contribution in [0.2, 0.25) is 0 Å². The molecule has 0 saturated heterocycles. The number of hydrogen-bond acceptors (Lipinski definition) is 6. The minimum atomic E-state index is -1.03. The molecule has 0 atom stereocenters. The van der Waals surface area contributed by atoms with E-state index in [1.165, 1.54) is 35.6 Å². The monoisotopic (exact) mass is 281 g/mol. The number of rotatable bonds is 5. The molecule has 2 aromatic heterocycles. The molecule has 94 valence electrons. The van der Waals surface area contributed by atoms with E-state index in [9.17, 15) is 4.79 Å². The number of hydrogen-bond donors (Lipinski definition) is 1. The first-order valence-corrected chi connectivity index (χ1v) is 6.98. The first kappa shape index (κ1) is 13.0. The van der Waals surface area contributed by atoms with E-state index in [1.807, 2.05) is 0 Å². The molecule has 0 unspecified atom stereocenters. The van der Waals surface area contributed by atoms with Crippen molar-refractivity contribution in [2.75, 3.05) is 0 Å². The Bertz CT molecular complexity index is 557. The molecule has 0 aliphatic rings. The molecule has 0 spiro atoms. The van der Waals surface area contributed by atoms with Crippen molar-refractivity contribution in [2.45, 2.75) is 29.0 Å². The van der Waals surface area contributed by atoms with E-state index in [0.29, 0.717) is 0 Å². The van der Waals surface area contributed by atoms with Gasteiger partial charge in [0, 0.05) is 17.5 Å². The second-order valence-electron chi connectivity index (χ2n) is 3.51.